The second-order valence-electron chi connectivity index (χ2n) is 3.99. The molecule has 6 heteroatoms. The number of methoxy groups -OCH3 is 1. The third-order valence-corrected chi connectivity index (χ3v) is 3.72. The predicted octanol–water partition coefficient (Wildman–Crippen LogP) is 3.96. The van der Waals surface area contributed by atoms with Crippen molar-refractivity contribution in [3.8, 4) is 11.8 Å². The van der Waals surface area contributed by atoms with Crippen LogP contribution in [0.15, 0.2) is 41.3 Å². The fourth-order valence-corrected chi connectivity index (χ4v) is 2.52. The minimum atomic E-state index is -0.480. The Hall–Kier alpha value is -2.29. The summed E-state index contributed by atoms with van der Waals surface area (Å²) in [5.74, 6) is 0.0384. The average molecular weight is 319 g/mol. The van der Waals surface area contributed by atoms with Crippen LogP contribution < -0.4 is 10.1 Å². The van der Waals surface area contributed by atoms with Crippen LogP contribution in [0.1, 0.15) is 4.88 Å². The van der Waals surface area contributed by atoms with E-state index in [1.807, 2.05) is 23.6 Å². The highest BCUT2D eigenvalue weighted by atomic mass is 35.5. The highest BCUT2D eigenvalue weighted by molar-refractivity contribution is 7.10. The van der Waals surface area contributed by atoms with Gasteiger partial charge < -0.3 is 10.1 Å². The molecule has 0 saturated carbocycles. The smallest absolute Gasteiger partial charge is 0.266 e. The van der Waals surface area contributed by atoms with Crippen LogP contribution in [0.5, 0.6) is 5.75 Å². The molecule has 106 valence electrons. The molecule has 0 spiro atoms. The van der Waals surface area contributed by atoms with Gasteiger partial charge in [-0.05, 0) is 35.7 Å². The van der Waals surface area contributed by atoms with E-state index in [-0.39, 0.29) is 5.57 Å². The molecule has 0 aliphatic carbocycles. The molecule has 0 saturated heterocycles. The topological polar surface area (TPSA) is 62.1 Å². The lowest BCUT2D eigenvalue weighted by molar-refractivity contribution is -0.112. The maximum absolute atomic E-state index is 12.1. The van der Waals surface area contributed by atoms with Crippen molar-refractivity contribution >= 4 is 40.6 Å². The number of carbonyl (C=O) groups excluding carboxylic acids is 1. The molecule has 0 unspecified atom stereocenters. The van der Waals surface area contributed by atoms with Gasteiger partial charge in [0.1, 0.15) is 17.4 Å². The Morgan fingerprint density at radius 2 is 2.29 bits per heavy atom. The average Bonchev–Trinajstić information content (AvgIpc) is 2.98. The van der Waals surface area contributed by atoms with E-state index in [0.29, 0.717) is 16.5 Å². The summed E-state index contributed by atoms with van der Waals surface area (Å²) in [6.45, 7) is 0. The minimum absolute atomic E-state index is 0.0318. The Bertz CT molecular complexity index is 718. The van der Waals surface area contributed by atoms with Crippen molar-refractivity contribution in [3.05, 3.63) is 51.2 Å². The Morgan fingerprint density at radius 1 is 1.48 bits per heavy atom. The molecule has 0 atom stereocenters. The molecule has 0 radical (unpaired) electrons. The molecule has 0 aliphatic rings. The fraction of sp³-hybridized carbons (Fsp3) is 0.0667. The van der Waals surface area contributed by atoms with Crippen molar-refractivity contribution in [1.82, 2.24) is 0 Å². The molecule has 1 N–H and O–H groups in total. The molecule has 2 rings (SSSR count). The first-order chi connectivity index (χ1) is 10.1. The first-order valence-electron chi connectivity index (χ1n) is 5.94. The zero-order chi connectivity index (χ0) is 15.2. The number of nitriles is 1. The van der Waals surface area contributed by atoms with Crippen molar-refractivity contribution in [2.24, 2.45) is 0 Å². The van der Waals surface area contributed by atoms with Crippen molar-refractivity contribution < 1.29 is 9.53 Å². The lowest BCUT2D eigenvalue weighted by Gasteiger charge is -2.07. The first-order valence-corrected chi connectivity index (χ1v) is 7.20. The van der Waals surface area contributed by atoms with E-state index in [2.05, 4.69) is 5.32 Å². The molecular weight excluding hydrogens is 308 g/mol. The van der Waals surface area contributed by atoms with Gasteiger partial charge in [0, 0.05) is 10.6 Å². The van der Waals surface area contributed by atoms with Crippen LogP contribution in [0.3, 0.4) is 0 Å². The number of hydrogen-bond acceptors (Lipinski definition) is 4. The normalized spacial score (nSPS) is 10.8. The van der Waals surface area contributed by atoms with E-state index in [0.717, 1.165) is 4.88 Å². The van der Waals surface area contributed by atoms with Crippen LogP contribution in [0.2, 0.25) is 5.02 Å². The maximum Gasteiger partial charge on any atom is 0.266 e. The summed E-state index contributed by atoms with van der Waals surface area (Å²) in [5.41, 5.74) is 0.530. The number of nitrogens with one attached hydrogen (secondary N) is 1. The number of ether oxygens (including phenoxy) is 1. The van der Waals surface area contributed by atoms with E-state index >= 15 is 0 Å². The summed E-state index contributed by atoms with van der Waals surface area (Å²) in [6, 6.07) is 10.5. The third kappa shape index (κ3) is 3.85. The zero-order valence-electron chi connectivity index (χ0n) is 11.1. The highest BCUT2D eigenvalue weighted by Gasteiger charge is 2.11. The molecule has 1 heterocycles. The lowest BCUT2D eigenvalue weighted by atomic mass is 10.2. The van der Waals surface area contributed by atoms with E-state index < -0.39 is 5.91 Å². The number of benzene rings is 1. The standard InChI is InChI=1S/C15H11ClN2O2S/c1-20-14-5-4-11(8-13(14)16)18-15(19)10(9-17)7-12-3-2-6-21-12/h2-8H,1H3,(H,18,19)/b10-7+. The Kier molecular flexibility index (Phi) is 4.99. The van der Waals surface area contributed by atoms with Gasteiger partial charge in [0.2, 0.25) is 0 Å². The van der Waals surface area contributed by atoms with Gasteiger partial charge in [0.05, 0.1) is 12.1 Å². The van der Waals surface area contributed by atoms with E-state index in [4.69, 9.17) is 21.6 Å². The minimum Gasteiger partial charge on any atom is -0.495 e. The number of carbonyl (C=O) groups is 1. The Balaban J connectivity index is 2.17. The fourth-order valence-electron chi connectivity index (χ4n) is 1.61. The van der Waals surface area contributed by atoms with Crippen molar-refractivity contribution in [3.63, 3.8) is 0 Å². The summed E-state index contributed by atoms with van der Waals surface area (Å²) in [5, 5.41) is 14.0. The number of hydrogen-bond donors (Lipinski definition) is 1. The molecule has 4 nitrogen and oxygen atoms in total. The molecule has 2 aromatic rings. The molecule has 0 bridgehead atoms. The van der Waals surface area contributed by atoms with Crippen LogP contribution in [0.4, 0.5) is 5.69 Å². The molecule has 0 fully saturated rings. The van der Waals surface area contributed by atoms with Gasteiger partial charge in [-0.15, -0.1) is 11.3 Å². The van der Waals surface area contributed by atoms with Crippen LogP contribution >= 0.6 is 22.9 Å². The summed E-state index contributed by atoms with van der Waals surface area (Å²) < 4.78 is 5.04. The monoisotopic (exact) mass is 318 g/mol. The van der Waals surface area contributed by atoms with Gasteiger partial charge in [-0.3, -0.25) is 4.79 Å². The lowest BCUT2D eigenvalue weighted by Crippen LogP contribution is -2.13. The summed E-state index contributed by atoms with van der Waals surface area (Å²) in [4.78, 5) is 12.9. The second-order valence-corrected chi connectivity index (χ2v) is 5.38. The van der Waals surface area contributed by atoms with Crippen molar-refractivity contribution in [2.45, 2.75) is 0 Å². The van der Waals surface area contributed by atoms with Gasteiger partial charge >= 0.3 is 0 Å². The number of amides is 1. The quantitative estimate of drug-likeness (QED) is 0.685. The van der Waals surface area contributed by atoms with Crippen LogP contribution in [-0.4, -0.2) is 13.0 Å². The van der Waals surface area contributed by atoms with Gasteiger partial charge in [0.25, 0.3) is 5.91 Å². The number of rotatable bonds is 4. The highest BCUT2D eigenvalue weighted by Crippen LogP contribution is 2.27. The summed E-state index contributed by atoms with van der Waals surface area (Å²) in [7, 11) is 1.51. The van der Waals surface area contributed by atoms with Gasteiger partial charge in [-0.2, -0.15) is 5.26 Å². The van der Waals surface area contributed by atoms with E-state index in [1.165, 1.54) is 18.4 Å². The molecule has 1 aromatic heterocycles. The SMILES string of the molecule is COc1ccc(NC(=O)/C(C#N)=C/c2cccs2)cc1Cl. The number of halogens is 1. The van der Waals surface area contributed by atoms with Crippen LogP contribution in [-0.2, 0) is 4.79 Å². The van der Waals surface area contributed by atoms with Crippen LogP contribution in [0, 0.1) is 11.3 Å². The van der Waals surface area contributed by atoms with Crippen molar-refractivity contribution in [1.29, 1.82) is 5.26 Å². The molecular formula is C15H11ClN2O2S. The maximum atomic E-state index is 12.1. The number of anilines is 1. The number of thiophene rings is 1. The summed E-state index contributed by atoms with van der Waals surface area (Å²) >= 11 is 7.44. The Labute approximate surface area is 131 Å². The van der Waals surface area contributed by atoms with Gasteiger partial charge in [-0.25, -0.2) is 0 Å². The largest absolute Gasteiger partial charge is 0.495 e. The molecule has 1 aromatic carbocycles. The molecule has 0 aliphatic heterocycles. The van der Waals surface area contributed by atoms with E-state index in [1.54, 1.807) is 24.3 Å². The predicted molar refractivity (Wildman–Crippen MR) is 84.5 cm³/mol. The molecule has 21 heavy (non-hydrogen) atoms. The first kappa shape index (κ1) is 15.1. The van der Waals surface area contributed by atoms with E-state index in [9.17, 15) is 4.79 Å². The van der Waals surface area contributed by atoms with Gasteiger partial charge in [-0.1, -0.05) is 17.7 Å². The third-order valence-electron chi connectivity index (χ3n) is 2.60. The Morgan fingerprint density at radius 3 is 2.86 bits per heavy atom. The van der Waals surface area contributed by atoms with Gasteiger partial charge in [0.15, 0.2) is 0 Å². The van der Waals surface area contributed by atoms with Crippen molar-refractivity contribution in [2.75, 3.05) is 12.4 Å². The number of nitrogens with zero attached hydrogens (tertiary/aromatic N) is 1. The van der Waals surface area contributed by atoms with Crippen LogP contribution in [0.25, 0.3) is 6.08 Å². The summed E-state index contributed by atoms with van der Waals surface area (Å²) in [6.07, 6.45) is 1.55. The zero-order valence-corrected chi connectivity index (χ0v) is 12.7. The molecule has 1 amide bonds. The second kappa shape index (κ2) is 6.93.